The Kier molecular flexibility index (Phi) is 8.77. The number of carbonyl (C=O) groups excluding carboxylic acids is 2. The maximum absolute atomic E-state index is 11.9. The number of hydrogen-bond donors (Lipinski definition) is 4. The van der Waals surface area contributed by atoms with E-state index in [1.807, 2.05) is 0 Å². The highest BCUT2D eigenvalue weighted by Crippen LogP contribution is 2.26. The summed E-state index contributed by atoms with van der Waals surface area (Å²) >= 11 is 0. The van der Waals surface area contributed by atoms with Gasteiger partial charge in [-0.25, -0.2) is 14.6 Å². The summed E-state index contributed by atoms with van der Waals surface area (Å²) < 4.78 is 4.87. The van der Waals surface area contributed by atoms with E-state index in [0.29, 0.717) is 31.3 Å². The lowest BCUT2D eigenvalue weighted by Crippen LogP contribution is -2.36. The minimum atomic E-state index is -0.417. The smallest absolute Gasteiger partial charge is 0.407 e. The first kappa shape index (κ1) is 22.5. The Hall–Kier alpha value is -2.58. The minimum absolute atomic E-state index is 0.0839. The molecule has 1 aromatic heterocycles. The predicted octanol–water partition coefficient (Wildman–Crippen LogP) is 2.39. The van der Waals surface area contributed by atoms with E-state index in [2.05, 4.69) is 46.7 Å². The monoisotopic (exact) mass is 381 g/mol. The summed E-state index contributed by atoms with van der Waals surface area (Å²) in [7, 11) is 0. The third-order valence-electron chi connectivity index (χ3n) is 3.91. The van der Waals surface area contributed by atoms with Crippen LogP contribution in [0.1, 0.15) is 46.2 Å². The Labute approximate surface area is 159 Å². The maximum atomic E-state index is 11.9. The minimum Gasteiger partial charge on any atom is -0.450 e. The van der Waals surface area contributed by atoms with Crippen LogP contribution in [0, 0.1) is 18.3 Å². The molecule has 3 amide bonds. The molecular weight excluding hydrogens is 350 g/mol. The molecule has 0 radical (unpaired) electrons. The molecule has 1 unspecified atom stereocenters. The fourth-order valence-electron chi connectivity index (χ4n) is 2.83. The summed E-state index contributed by atoms with van der Waals surface area (Å²) in [4.78, 5) is 41.2. The lowest BCUT2D eigenvalue weighted by Gasteiger charge is -2.28. The van der Waals surface area contributed by atoms with E-state index in [-0.39, 0.29) is 16.9 Å². The van der Waals surface area contributed by atoms with Crippen molar-refractivity contribution in [2.45, 2.75) is 47.5 Å². The summed E-state index contributed by atoms with van der Waals surface area (Å²) in [6.45, 7) is 11.1. The lowest BCUT2D eigenvalue weighted by atomic mass is 9.82. The number of alkyl carbamates (subject to hydrolysis) is 1. The Bertz CT molecular complexity index is 687. The first-order valence-corrected chi connectivity index (χ1v) is 9.14. The molecule has 152 valence electrons. The van der Waals surface area contributed by atoms with Crippen LogP contribution in [0.3, 0.4) is 0 Å². The highest BCUT2D eigenvalue weighted by molar-refractivity contribution is 5.87. The van der Waals surface area contributed by atoms with Crippen molar-refractivity contribution in [2.75, 3.05) is 25.0 Å². The number of nitrogens with zero attached hydrogens (tertiary/aromatic N) is 1. The van der Waals surface area contributed by atoms with E-state index in [9.17, 15) is 14.4 Å². The van der Waals surface area contributed by atoms with Gasteiger partial charge in [0.05, 0.1) is 6.61 Å². The van der Waals surface area contributed by atoms with Crippen molar-refractivity contribution >= 4 is 18.1 Å². The largest absolute Gasteiger partial charge is 0.450 e. The van der Waals surface area contributed by atoms with Crippen LogP contribution in [0.25, 0.3) is 0 Å². The molecule has 1 rings (SSSR count). The highest BCUT2D eigenvalue weighted by atomic mass is 16.5. The second kappa shape index (κ2) is 10.5. The van der Waals surface area contributed by atoms with Gasteiger partial charge in [0.2, 0.25) is 5.95 Å². The van der Waals surface area contributed by atoms with Gasteiger partial charge < -0.3 is 15.4 Å². The molecule has 0 saturated carbocycles. The van der Waals surface area contributed by atoms with E-state index in [1.54, 1.807) is 13.8 Å². The van der Waals surface area contributed by atoms with Gasteiger partial charge in [0.25, 0.3) is 5.56 Å². The van der Waals surface area contributed by atoms with E-state index < -0.39 is 12.1 Å². The zero-order valence-electron chi connectivity index (χ0n) is 16.8. The topological polar surface area (TPSA) is 125 Å². The van der Waals surface area contributed by atoms with Gasteiger partial charge in [-0.15, -0.1) is 0 Å². The molecule has 9 nitrogen and oxygen atoms in total. The first-order chi connectivity index (χ1) is 12.6. The van der Waals surface area contributed by atoms with Gasteiger partial charge in [-0.2, -0.15) is 0 Å². The molecule has 9 heteroatoms. The van der Waals surface area contributed by atoms with E-state index in [4.69, 9.17) is 4.74 Å². The number of amides is 3. The quantitative estimate of drug-likeness (QED) is 0.523. The second-order valence-electron chi connectivity index (χ2n) is 7.45. The third kappa shape index (κ3) is 9.62. The summed E-state index contributed by atoms with van der Waals surface area (Å²) in [5.41, 5.74) is 0.130. The summed E-state index contributed by atoms with van der Waals surface area (Å²) in [5, 5.41) is 8.03. The first-order valence-electron chi connectivity index (χ1n) is 9.14. The number of carbonyl (C=O) groups is 2. The molecule has 0 aromatic carbocycles. The van der Waals surface area contributed by atoms with E-state index in [0.717, 1.165) is 12.8 Å². The molecule has 1 aromatic rings. The normalized spacial score (nSPS) is 12.2. The average molecular weight is 381 g/mol. The van der Waals surface area contributed by atoms with Crippen LogP contribution in [-0.2, 0) is 4.74 Å². The van der Waals surface area contributed by atoms with Gasteiger partial charge in [0, 0.05) is 24.8 Å². The molecule has 0 spiro atoms. The number of aromatic nitrogens is 2. The number of nitrogens with one attached hydrogen (secondary N) is 4. The van der Waals surface area contributed by atoms with Crippen LogP contribution < -0.4 is 21.5 Å². The molecule has 0 bridgehead atoms. The molecule has 4 N–H and O–H groups in total. The van der Waals surface area contributed by atoms with Crippen LogP contribution in [0.4, 0.5) is 15.5 Å². The molecule has 27 heavy (non-hydrogen) atoms. The molecule has 1 atom stereocenters. The van der Waals surface area contributed by atoms with Gasteiger partial charge in [0.15, 0.2) is 0 Å². The van der Waals surface area contributed by atoms with Crippen molar-refractivity contribution in [3.05, 3.63) is 22.1 Å². The Balaban J connectivity index is 2.32. The third-order valence-corrected chi connectivity index (χ3v) is 3.91. The number of hydrogen-bond acceptors (Lipinski definition) is 5. The summed E-state index contributed by atoms with van der Waals surface area (Å²) in [5.74, 6) is 0.470. The van der Waals surface area contributed by atoms with Gasteiger partial charge in [-0.05, 0) is 38.0 Å². The zero-order chi connectivity index (χ0) is 20.4. The Morgan fingerprint density at radius 1 is 1.33 bits per heavy atom. The lowest BCUT2D eigenvalue weighted by molar-refractivity contribution is 0.144. The number of anilines is 1. The molecule has 1 heterocycles. The van der Waals surface area contributed by atoms with E-state index >= 15 is 0 Å². The molecule has 0 fully saturated rings. The number of rotatable bonds is 9. The van der Waals surface area contributed by atoms with Crippen LogP contribution in [-0.4, -0.2) is 41.8 Å². The molecule has 0 aliphatic rings. The number of ether oxygens (including phenoxy) is 1. The van der Waals surface area contributed by atoms with Crippen molar-refractivity contribution in [3.8, 4) is 0 Å². The van der Waals surface area contributed by atoms with E-state index in [1.165, 1.54) is 6.07 Å². The van der Waals surface area contributed by atoms with Gasteiger partial charge in [0.1, 0.15) is 0 Å². The fraction of sp³-hybridized carbons (Fsp3) is 0.667. The van der Waals surface area contributed by atoms with Crippen LogP contribution in [0.5, 0.6) is 0 Å². The SMILES string of the molecule is CCOC(=O)NCC(C)(C)CC(C)CCNC(=O)Nc1nc(C)cc(=O)[nH]1. The number of urea groups is 1. The van der Waals surface area contributed by atoms with Gasteiger partial charge >= 0.3 is 12.1 Å². The molecular formula is C18H31N5O4. The predicted molar refractivity (Wildman–Crippen MR) is 104 cm³/mol. The second-order valence-corrected chi connectivity index (χ2v) is 7.45. The van der Waals surface area contributed by atoms with Crippen LogP contribution in [0.15, 0.2) is 10.9 Å². The summed E-state index contributed by atoms with van der Waals surface area (Å²) in [6, 6.07) is 0.933. The molecule has 0 saturated heterocycles. The van der Waals surface area contributed by atoms with Crippen molar-refractivity contribution < 1.29 is 14.3 Å². The van der Waals surface area contributed by atoms with Crippen molar-refractivity contribution in [3.63, 3.8) is 0 Å². The van der Waals surface area contributed by atoms with Crippen molar-refractivity contribution in [2.24, 2.45) is 11.3 Å². The fourth-order valence-corrected chi connectivity index (χ4v) is 2.83. The van der Waals surface area contributed by atoms with Crippen LogP contribution >= 0.6 is 0 Å². The number of H-pyrrole nitrogens is 1. The van der Waals surface area contributed by atoms with Crippen LogP contribution in [0.2, 0.25) is 0 Å². The maximum Gasteiger partial charge on any atom is 0.407 e. The molecule has 0 aliphatic carbocycles. The highest BCUT2D eigenvalue weighted by Gasteiger charge is 2.22. The Morgan fingerprint density at radius 2 is 2.04 bits per heavy atom. The van der Waals surface area contributed by atoms with Gasteiger partial charge in [-0.3, -0.25) is 15.1 Å². The van der Waals surface area contributed by atoms with Crippen molar-refractivity contribution in [1.29, 1.82) is 0 Å². The number of aryl methyl sites for hydroxylation is 1. The zero-order valence-corrected chi connectivity index (χ0v) is 16.8. The van der Waals surface area contributed by atoms with Crippen molar-refractivity contribution in [1.82, 2.24) is 20.6 Å². The number of aromatic amines is 1. The molecule has 0 aliphatic heterocycles. The van der Waals surface area contributed by atoms with Gasteiger partial charge in [-0.1, -0.05) is 20.8 Å². The average Bonchev–Trinajstić information content (AvgIpc) is 2.51. The standard InChI is InChI=1S/C18H31N5O4/c1-6-27-17(26)20-11-18(4,5)10-12(2)7-8-19-16(25)23-15-21-13(3)9-14(24)22-15/h9,12H,6-8,10-11H2,1-5H3,(H,20,26)(H3,19,21,22,23,24,25). The summed E-state index contributed by atoms with van der Waals surface area (Å²) in [6.07, 6.45) is 1.27. The Morgan fingerprint density at radius 3 is 2.67 bits per heavy atom.